The number of Topliss-reactive ketones (excluding diaryl/α,β-unsaturated/α-hetero) is 1. The molecule has 8 nitrogen and oxygen atoms in total. The molecule has 0 saturated carbocycles. The number of ketones is 1. The van der Waals surface area contributed by atoms with Crippen molar-refractivity contribution in [3.8, 4) is 5.75 Å². The first-order valence-electron chi connectivity index (χ1n) is 13.5. The maximum Gasteiger partial charge on any atom is 0.377 e. The number of esters is 1. The van der Waals surface area contributed by atoms with E-state index in [4.69, 9.17) is 14.6 Å². The molecule has 1 atom stereocenters. The number of carbonyl (C=O) groups excluding carboxylic acids is 3. The van der Waals surface area contributed by atoms with Crippen LogP contribution < -0.4 is 10.1 Å². The van der Waals surface area contributed by atoms with Crippen molar-refractivity contribution in [1.29, 1.82) is 0 Å². The third-order valence-corrected chi connectivity index (χ3v) is 8.19. The molecule has 0 aromatic heterocycles. The van der Waals surface area contributed by atoms with Gasteiger partial charge in [-0.05, 0) is 100 Å². The molecule has 2 aromatic rings. The predicted molar refractivity (Wildman–Crippen MR) is 147 cm³/mol. The van der Waals surface area contributed by atoms with E-state index in [0.717, 1.165) is 43.5 Å². The number of carbonyl (C=O) groups is 3. The molecule has 5 rings (SSSR count). The molecule has 8 heteroatoms. The van der Waals surface area contributed by atoms with Crippen molar-refractivity contribution in [2.45, 2.75) is 58.6 Å². The number of methoxy groups -OCH3 is 1. The van der Waals surface area contributed by atoms with E-state index in [2.05, 4.69) is 5.32 Å². The second-order valence-electron chi connectivity index (χ2n) is 11.8. The van der Waals surface area contributed by atoms with Crippen LogP contribution in [-0.2, 0) is 16.1 Å². The molecule has 2 heterocycles. The molecule has 204 valence electrons. The average molecular weight is 531 g/mol. The maximum absolute atomic E-state index is 14.2. The third-order valence-electron chi connectivity index (χ3n) is 8.19. The van der Waals surface area contributed by atoms with Gasteiger partial charge in [-0.1, -0.05) is 21.8 Å². The Morgan fingerprint density at radius 1 is 0.974 bits per heavy atom. The number of nitrogens with one attached hydrogen (secondary N) is 1. The molecule has 2 aromatic carbocycles. The number of allylic oxidation sites excluding steroid dienone is 2. The first-order chi connectivity index (χ1) is 18.6. The smallest absolute Gasteiger partial charge is 0.377 e. The van der Waals surface area contributed by atoms with Crippen molar-refractivity contribution in [3.63, 3.8) is 0 Å². The predicted octanol–water partition coefficient (Wildman–Crippen LogP) is 4.79. The number of benzene rings is 2. The third kappa shape index (κ3) is 4.83. The van der Waals surface area contributed by atoms with Crippen LogP contribution in [0, 0.1) is 5.41 Å². The summed E-state index contributed by atoms with van der Waals surface area (Å²) in [4.78, 5) is 39.5. The second-order valence-corrected chi connectivity index (χ2v) is 11.8. The zero-order valence-electron chi connectivity index (χ0n) is 23.1. The van der Waals surface area contributed by atoms with E-state index in [-0.39, 0.29) is 27.7 Å². The normalized spacial score (nSPS) is 22.1. The van der Waals surface area contributed by atoms with Crippen LogP contribution in [-0.4, -0.2) is 54.2 Å². The highest BCUT2D eigenvalue weighted by Gasteiger charge is 2.60. The molecule has 1 unspecified atom stereocenters. The van der Waals surface area contributed by atoms with Crippen LogP contribution in [0.1, 0.15) is 72.7 Å². The Labute approximate surface area is 229 Å². The summed E-state index contributed by atoms with van der Waals surface area (Å²) >= 11 is 0. The van der Waals surface area contributed by atoms with Gasteiger partial charge < -0.3 is 14.8 Å². The molecule has 2 aliphatic heterocycles. The summed E-state index contributed by atoms with van der Waals surface area (Å²) < 4.78 is 10.3. The zero-order chi connectivity index (χ0) is 27.8. The van der Waals surface area contributed by atoms with E-state index in [9.17, 15) is 14.4 Å². The van der Waals surface area contributed by atoms with Crippen molar-refractivity contribution < 1.29 is 28.4 Å². The van der Waals surface area contributed by atoms with E-state index >= 15 is 0 Å². The van der Waals surface area contributed by atoms with Crippen LogP contribution >= 0.6 is 0 Å². The SMILES string of the molecule is COC(=O)c1ccc(COc2ccc(C(=O)[N+]3(C(C)(C)C)N=CC4=C3C(=O)CC3(CCNCC3)C4)cc2)cc1. The molecule has 0 radical (unpaired) electrons. The fourth-order valence-corrected chi connectivity index (χ4v) is 6.04. The Balaban J connectivity index is 1.36. The van der Waals surface area contributed by atoms with Gasteiger partial charge in [-0.15, -0.1) is 0 Å². The van der Waals surface area contributed by atoms with Gasteiger partial charge in [0, 0.05) is 12.0 Å². The Kier molecular flexibility index (Phi) is 7.03. The summed E-state index contributed by atoms with van der Waals surface area (Å²) in [5.41, 5.74) is 2.61. The highest BCUT2D eigenvalue weighted by Crippen LogP contribution is 2.50. The summed E-state index contributed by atoms with van der Waals surface area (Å²) in [6, 6.07) is 14.0. The minimum Gasteiger partial charge on any atom is -0.489 e. The standard InChI is InChI=1S/C31H36N3O5/c1-30(2,3)34(27-24(19-33-34)17-31(18-26(27)35)13-15-32-16-14-31)28(36)22-9-11-25(12-10-22)39-20-21-5-7-23(8-6-21)29(37)38-4/h5-12,19,32H,13-18,20H2,1-4H3/q+1. The largest absolute Gasteiger partial charge is 0.489 e. The maximum atomic E-state index is 14.2. The number of hydrogen-bond acceptors (Lipinski definition) is 7. The summed E-state index contributed by atoms with van der Waals surface area (Å²) in [6.07, 6.45) is 4.96. The van der Waals surface area contributed by atoms with E-state index in [0.29, 0.717) is 35.6 Å². The first-order valence-corrected chi connectivity index (χ1v) is 13.5. The number of piperidine rings is 1. The lowest BCUT2D eigenvalue weighted by Crippen LogP contribution is -2.60. The molecule has 1 fully saturated rings. The molecule has 39 heavy (non-hydrogen) atoms. The van der Waals surface area contributed by atoms with E-state index < -0.39 is 5.54 Å². The Bertz CT molecular complexity index is 1350. The van der Waals surface area contributed by atoms with Crippen molar-refractivity contribution in [2.24, 2.45) is 10.5 Å². The Morgan fingerprint density at radius 2 is 1.62 bits per heavy atom. The van der Waals surface area contributed by atoms with Gasteiger partial charge in [-0.25, -0.2) is 9.59 Å². The number of amides is 1. The van der Waals surface area contributed by atoms with E-state index in [1.165, 1.54) is 7.11 Å². The quantitative estimate of drug-likeness (QED) is 0.441. The number of nitrogens with zero attached hydrogens (tertiary/aromatic N) is 2. The lowest BCUT2D eigenvalue weighted by molar-refractivity contribution is -0.860. The fraction of sp³-hybridized carbons (Fsp3) is 0.419. The fourth-order valence-electron chi connectivity index (χ4n) is 6.04. The minimum atomic E-state index is -0.648. The number of rotatable bonds is 5. The van der Waals surface area contributed by atoms with Gasteiger partial charge in [0.15, 0.2) is 0 Å². The van der Waals surface area contributed by atoms with Crippen molar-refractivity contribution >= 4 is 23.9 Å². The van der Waals surface area contributed by atoms with Gasteiger partial charge in [0.2, 0.25) is 11.5 Å². The Hall–Kier alpha value is -3.62. The first kappa shape index (κ1) is 27.0. The van der Waals surface area contributed by atoms with Crippen LogP contribution in [0.2, 0.25) is 0 Å². The molecule has 1 N–H and O–H groups in total. The molecule has 0 bridgehead atoms. The molecular formula is C31H36N3O5+. The van der Waals surface area contributed by atoms with Crippen LogP contribution in [0.15, 0.2) is 64.9 Å². The number of quaternary nitrogens is 1. The summed E-state index contributed by atoms with van der Waals surface area (Å²) in [6.45, 7) is 8.02. The molecule has 3 aliphatic rings. The summed E-state index contributed by atoms with van der Waals surface area (Å²) in [5, 5.41) is 8.20. The van der Waals surface area contributed by atoms with E-state index in [1.807, 2.05) is 32.9 Å². The van der Waals surface area contributed by atoms with Gasteiger partial charge in [-0.3, -0.25) is 4.79 Å². The summed E-state index contributed by atoms with van der Waals surface area (Å²) in [7, 11) is 1.35. The number of ether oxygens (including phenoxy) is 2. The molecular weight excluding hydrogens is 494 g/mol. The zero-order valence-corrected chi connectivity index (χ0v) is 23.1. The second kappa shape index (κ2) is 10.2. The number of hydrogen-bond donors (Lipinski definition) is 1. The van der Waals surface area contributed by atoms with Crippen molar-refractivity contribution in [2.75, 3.05) is 20.2 Å². The Morgan fingerprint density at radius 3 is 2.23 bits per heavy atom. The van der Waals surface area contributed by atoms with Crippen LogP contribution in [0.25, 0.3) is 0 Å². The van der Waals surface area contributed by atoms with Crippen LogP contribution in [0.5, 0.6) is 5.75 Å². The topological polar surface area (TPSA) is 94.1 Å². The highest BCUT2D eigenvalue weighted by molar-refractivity contribution is 6.06. The average Bonchev–Trinajstić information content (AvgIpc) is 3.33. The van der Waals surface area contributed by atoms with Crippen LogP contribution in [0.3, 0.4) is 0 Å². The van der Waals surface area contributed by atoms with Crippen molar-refractivity contribution in [1.82, 2.24) is 5.32 Å². The molecule has 1 spiro atoms. The van der Waals surface area contributed by atoms with Gasteiger partial charge in [-0.2, -0.15) is 0 Å². The van der Waals surface area contributed by atoms with Crippen molar-refractivity contribution in [3.05, 3.63) is 76.5 Å². The molecule has 1 aliphatic carbocycles. The van der Waals surface area contributed by atoms with Crippen LogP contribution in [0.4, 0.5) is 0 Å². The van der Waals surface area contributed by atoms with Gasteiger partial charge in [0.1, 0.15) is 17.9 Å². The monoisotopic (exact) mass is 530 g/mol. The molecule has 1 saturated heterocycles. The lowest BCUT2D eigenvalue weighted by atomic mass is 9.67. The van der Waals surface area contributed by atoms with Gasteiger partial charge in [0.05, 0.1) is 24.5 Å². The summed E-state index contributed by atoms with van der Waals surface area (Å²) in [5.74, 6) is 0.0436. The lowest BCUT2D eigenvalue weighted by Gasteiger charge is -2.43. The van der Waals surface area contributed by atoms with Gasteiger partial charge >= 0.3 is 11.9 Å². The molecule has 1 amide bonds. The minimum absolute atomic E-state index is 0.0350. The highest BCUT2D eigenvalue weighted by atomic mass is 16.5. The van der Waals surface area contributed by atoms with E-state index in [1.54, 1.807) is 42.6 Å². The van der Waals surface area contributed by atoms with Gasteiger partial charge in [0.25, 0.3) is 0 Å².